The van der Waals surface area contributed by atoms with E-state index in [9.17, 15) is 0 Å². The van der Waals surface area contributed by atoms with Gasteiger partial charge in [-0.25, -0.2) is 4.98 Å². The van der Waals surface area contributed by atoms with Crippen LogP contribution in [-0.2, 0) is 6.54 Å². The second-order valence-electron chi connectivity index (χ2n) is 3.95. The van der Waals surface area contributed by atoms with Crippen LogP contribution in [-0.4, -0.2) is 16.5 Å². The molecule has 0 aliphatic rings. The SMILES string of the molecule is CCNCc1csc(-c2cnc3ccsc3c2)n1. The van der Waals surface area contributed by atoms with E-state index in [0.717, 1.165) is 34.9 Å². The van der Waals surface area contributed by atoms with E-state index >= 15 is 0 Å². The van der Waals surface area contributed by atoms with Gasteiger partial charge in [0.2, 0.25) is 0 Å². The molecule has 0 spiro atoms. The van der Waals surface area contributed by atoms with Crippen molar-refractivity contribution in [2.24, 2.45) is 0 Å². The number of rotatable bonds is 4. The second kappa shape index (κ2) is 5.14. The Morgan fingerprint density at radius 3 is 3.17 bits per heavy atom. The lowest BCUT2D eigenvalue weighted by molar-refractivity contribution is 0.715. The van der Waals surface area contributed by atoms with Crippen LogP contribution in [0.5, 0.6) is 0 Å². The van der Waals surface area contributed by atoms with Gasteiger partial charge in [-0.2, -0.15) is 0 Å². The lowest BCUT2D eigenvalue weighted by Gasteiger charge is -1.97. The quantitative estimate of drug-likeness (QED) is 0.791. The number of hydrogen-bond acceptors (Lipinski definition) is 5. The number of pyridine rings is 1. The Morgan fingerprint density at radius 1 is 1.33 bits per heavy atom. The molecule has 3 aromatic heterocycles. The molecule has 0 saturated heterocycles. The minimum atomic E-state index is 0.835. The molecule has 3 nitrogen and oxygen atoms in total. The van der Waals surface area contributed by atoms with Crippen LogP contribution in [0.3, 0.4) is 0 Å². The smallest absolute Gasteiger partial charge is 0.125 e. The molecule has 0 unspecified atom stereocenters. The van der Waals surface area contributed by atoms with Crippen molar-refractivity contribution in [1.82, 2.24) is 15.3 Å². The Balaban J connectivity index is 1.90. The molecular weight excluding hydrogens is 262 g/mol. The van der Waals surface area contributed by atoms with Crippen LogP contribution in [0.4, 0.5) is 0 Å². The number of fused-ring (bicyclic) bond motifs is 1. The Kier molecular flexibility index (Phi) is 3.36. The predicted molar refractivity (Wildman–Crippen MR) is 78.1 cm³/mol. The average molecular weight is 275 g/mol. The van der Waals surface area contributed by atoms with Crippen molar-refractivity contribution in [3.63, 3.8) is 0 Å². The van der Waals surface area contributed by atoms with E-state index in [-0.39, 0.29) is 0 Å². The summed E-state index contributed by atoms with van der Waals surface area (Å²) in [5, 5.41) is 8.51. The first-order chi connectivity index (χ1) is 8.86. The van der Waals surface area contributed by atoms with Gasteiger partial charge < -0.3 is 5.32 Å². The van der Waals surface area contributed by atoms with E-state index in [1.807, 2.05) is 12.3 Å². The van der Waals surface area contributed by atoms with E-state index in [1.165, 1.54) is 4.70 Å². The third-order valence-electron chi connectivity index (χ3n) is 2.66. The van der Waals surface area contributed by atoms with Crippen molar-refractivity contribution in [2.75, 3.05) is 6.54 Å². The fourth-order valence-corrected chi connectivity index (χ4v) is 3.32. The first-order valence-corrected chi connectivity index (χ1v) is 7.61. The van der Waals surface area contributed by atoms with E-state index in [4.69, 9.17) is 0 Å². The van der Waals surface area contributed by atoms with Crippen LogP contribution in [0.25, 0.3) is 20.8 Å². The lowest BCUT2D eigenvalue weighted by Crippen LogP contribution is -2.11. The molecule has 18 heavy (non-hydrogen) atoms. The average Bonchev–Trinajstić information content (AvgIpc) is 3.04. The van der Waals surface area contributed by atoms with Crippen LogP contribution in [0.1, 0.15) is 12.6 Å². The van der Waals surface area contributed by atoms with Gasteiger partial charge >= 0.3 is 0 Å². The van der Waals surface area contributed by atoms with Crippen LogP contribution >= 0.6 is 22.7 Å². The second-order valence-corrected chi connectivity index (χ2v) is 5.76. The summed E-state index contributed by atoms with van der Waals surface area (Å²) in [6.07, 6.45) is 1.91. The standard InChI is InChI=1S/C13H13N3S2/c1-2-14-7-10-8-18-13(16-10)9-5-12-11(15-6-9)3-4-17-12/h3-6,8,14H,2,7H2,1H3. The third-order valence-corrected chi connectivity index (χ3v) is 4.45. The molecule has 0 fully saturated rings. The number of nitrogens with one attached hydrogen (secondary N) is 1. The normalized spacial score (nSPS) is 11.2. The largest absolute Gasteiger partial charge is 0.311 e. The molecule has 0 aliphatic heterocycles. The summed E-state index contributed by atoms with van der Waals surface area (Å²) in [5.41, 5.74) is 3.27. The zero-order chi connectivity index (χ0) is 12.4. The Labute approximate surface area is 114 Å². The molecule has 5 heteroatoms. The molecule has 0 saturated carbocycles. The molecule has 3 aromatic rings. The van der Waals surface area contributed by atoms with Gasteiger partial charge in [-0.3, -0.25) is 4.98 Å². The summed E-state index contributed by atoms with van der Waals surface area (Å²) in [4.78, 5) is 9.08. The van der Waals surface area contributed by atoms with Crippen LogP contribution in [0.15, 0.2) is 29.1 Å². The lowest BCUT2D eigenvalue weighted by atomic mass is 10.3. The third kappa shape index (κ3) is 2.29. The van der Waals surface area contributed by atoms with Crippen molar-refractivity contribution >= 4 is 32.9 Å². The summed E-state index contributed by atoms with van der Waals surface area (Å²) in [6, 6.07) is 4.21. The minimum absolute atomic E-state index is 0.835. The van der Waals surface area contributed by atoms with Gasteiger partial charge in [0.15, 0.2) is 0 Å². The molecule has 3 rings (SSSR count). The van der Waals surface area contributed by atoms with Gasteiger partial charge in [0.25, 0.3) is 0 Å². The Bertz CT molecular complexity index is 657. The molecule has 0 radical (unpaired) electrons. The van der Waals surface area contributed by atoms with E-state index in [1.54, 1.807) is 22.7 Å². The summed E-state index contributed by atoms with van der Waals surface area (Å²) < 4.78 is 1.22. The van der Waals surface area contributed by atoms with E-state index < -0.39 is 0 Å². The topological polar surface area (TPSA) is 37.8 Å². The van der Waals surface area contributed by atoms with E-state index in [2.05, 4.69) is 39.0 Å². The van der Waals surface area contributed by atoms with Gasteiger partial charge in [0, 0.05) is 23.7 Å². The molecule has 0 bridgehead atoms. The zero-order valence-corrected chi connectivity index (χ0v) is 11.6. The molecule has 0 aromatic carbocycles. The van der Waals surface area contributed by atoms with Gasteiger partial charge in [0.05, 0.1) is 15.9 Å². The molecular formula is C13H13N3S2. The maximum Gasteiger partial charge on any atom is 0.125 e. The van der Waals surface area contributed by atoms with Crippen LogP contribution in [0, 0.1) is 0 Å². The molecule has 0 aliphatic carbocycles. The van der Waals surface area contributed by atoms with Gasteiger partial charge in [-0.15, -0.1) is 22.7 Å². The highest BCUT2D eigenvalue weighted by molar-refractivity contribution is 7.17. The van der Waals surface area contributed by atoms with Crippen molar-refractivity contribution in [1.29, 1.82) is 0 Å². The summed E-state index contributed by atoms with van der Waals surface area (Å²) in [5.74, 6) is 0. The van der Waals surface area contributed by atoms with Gasteiger partial charge in [0.1, 0.15) is 5.01 Å². The van der Waals surface area contributed by atoms with Gasteiger partial charge in [-0.05, 0) is 24.1 Å². The molecule has 92 valence electrons. The fourth-order valence-electron chi connectivity index (χ4n) is 1.74. The Morgan fingerprint density at radius 2 is 2.28 bits per heavy atom. The highest BCUT2D eigenvalue weighted by atomic mass is 32.1. The van der Waals surface area contributed by atoms with Crippen LogP contribution < -0.4 is 5.32 Å². The molecule has 1 N–H and O–H groups in total. The summed E-state index contributed by atoms with van der Waals surface area (Å²) in [7, 11) is 0. The minimum Gasteiger partial charge on any atom is -0.311 e. The van der Waals surface area contributed by atoms with Gasteiger partial charge in [-0.1, -0.05) is 6.92 Å². The maximum atomic E-state index is 4.63. The summed E-state index contributed by atoms with van der Waals surface area (Å²) in [6.45, 7) is 3.90. The fraction of sp³-hybridized carbons (Fsp3) is 0.231. The zero-order valence-electron chi connectivity index (χ0n) is 10.0. The highest BCUT2D eigenvalue weighted by Crippen LogP contribution is 2.28. The number of thiazole rings is 1. The summed E-state index contributed by atoms with van der Waals surface area (Å²) >= 11 is 3.40. The Hall–Kier alpha value is -1.30. The molecule has 3 heterocycles. The van der Waals surface area contributed by atoms with Crippen molar-refractivity contribution < 1.29 is 0 Å². The predicted octanol–water partition coefficient (Wildman–Crippen LogP) is 3.53. The van der Waals surface area contributed by atoms with Crippen LogP contribution in [0.2, 0.25) is 0 Å². The number of nitrogens with zero attached hydrogens (tertiary/aromatic N) is 2. The highest BCUT2D eigenvalue weighted by Gasteiger charge is 2.06. The first kappa shape index (κ1) is 11.8. The number of aromatic nitrogens is 2. The number of hydrogen-bond donors (Lipinski definition) is 1. The number of thiophene rings is 1. The monoisotopic (exact) mass is 275 g/mol. The first-order valence-electron chi connectivity index (χ1n) is 5.85. The van der Waals surface area contributed by atoms with Crippen molar-refractivity contribution in [3.8, 4) is 10.6 Å². The van der Waals surface area contributed by atoms with Crippen molar-refractivity contribution in [3.05, 3.63) is 34.8 Å². The van der Waals surface area contributed by atoms with Crippen molar-refractivity contribution in [2.45, 2.75) is 13.5 Å². The maximum absolute atomic E-state index is 4.63. The van der Waals surface area contributed by atoms with E-state index in [0.29, 0.717) is 0 Å². The molecule has 0 atom stereocenters. The molecule has 0 amide bonds.